The molecule has 1 N–H and O–H groups in total. The molecule has 0 aromatic heterocycles. The van der Waals surface area contributed by atoms with Crippen LogP contribution in [0.1, 0.15) is 15.9 Å². The molecule has 2 aromatic rings. The number of hydrogen-bond acceptors (Lipinski definition) is 5. The zero-order chi connectivity index (χ0) is 17.7. The number of carbonyl (C=O) groups is 1. The molecule has 7 heteroatoms. The number of rotatable bonds is 6. The summed E-state index contributed by atoms with van der Waals surface area (Å²) in [6.07, 6.45) is 1.15. The normalized spacial score (nSPS) is 11.0. The fourth-order valence-corrected chi connectivity index (χ4v) is 2.83. The van der Waals surface area contributed by atoms with E-state index in [1.165, 1.54) is 26.4 Å². The Morgan fingerprint density at radius 3 is 2.00 bits per heavy atom. The van der Waals surface area contributed by atoms with Crippen molar-refractivity contribution in [2.24, 2.45) is 0 Å². The zero-order valence-corrected chi connectivity index (χ0v) is 14.5. The summed E-state index contributed by atoms with van der Waals surface area (Å²) in [7, 11) is -0.269. The molecule has 0 unspecified atom stereocenters. The van der Waals surface area contributed by atoms with Crippen LogP contribution in [0, 0.1) is 0 Å². The molecule has 1 amide bonds. The molecule has 0 saturated heterocycles. The summed E-state index contributed by atoms with van der Waals surface area (Å²) in [4.78, 5) is 12.7. The Labute approximate surface area is 141 Å². The van der Waals surface area contributed by atoms with Gasteiger partial charge in [0.2, 0.25) is 0 Å². The van der Waals surface area contributed by atoms with Crippen LogP contribution >= 0.6 is 0 Å². The predicted octanol–water partition coefficient (Wildman–Crippen LogP) is 2.04. The van der Waals surface area contributed by atoms with Crippen molar-refractivity contribution in [2.75, 3.05) is 20.5 Å². The van der Waals surface area contributed by atoms with E-state index < -0.39 is 9.84 Å². The highest BCUT2D eigenvalue weighted by atomic mass is 32.2. The van der Waals surface area contributed by atoms with Crippen LogP contribution in [0.2, 0.25) is 0 Å². The van der Waals surface area contributed by atoms with Gasteiger partial charge in [0.15, 0.2) is 9.84 Å². The lowest BCUT2D eigenvalue weighted by molar-refractivity contribution is 0.0944. The molecule has 0 aliphatic carbocycles. The van der Waals surface area contributed by atoms with E-state index in [0.717, 1.165) is 11.8 Å². The van der Waals surface area contributed by atoms with Crippen molar-refractivity contribution in [3.8, 4) is 11.5 Å². The Morgan fingerprint density at radius 2 is 1.54 bits per heavy atom. The van der Waals surface area contributed by atoms with E-state index in [2.05, 4.69) is 5.32 Å². The van der Waals surface area contributed by atoms with Gasteiger partial charge in [0.25, 0.3) is 5.91 Å². The monoisotopic (exact) mass is 349 g/mol. The third-order valence-corrected chi connectivity index (χ3v) is 4.59. The summed E-state index contributed by atoms with van der Waals surface area (Å²) in [5.74, 6) is 0.495. The van der Waals surface area contributed by atoms with Gasteiger partial charge in [-0.3, -0.25) is 4.79 Å². The van der Waals surface area contributed by atoms with Crippen LogP contribution in [0.4, 0.5) is 0 Å². The van der Waals surface area contributed by atoms with Gasteiger partial charge in [-0.1, -0.05) is 18.2 Å². The topological polar surface area (TPSA) is 81.7 Å². The highest BCUT2D eigenvalue weighted by Gasteiger charge is 2.17. The maximum absolute atomic E-state index is 12.4. The van der Waals surface area contributed by atoms with Gasteiger partial charge in [-0.25, -0.2) is 8.42 Å². The van der Waals surface area contributed by atoms with Gasteiger partial charge in [0.1, 0.15) is 17.1 Å². The standard InChI is InChI=1S/C17H19NO5S/c1-22-14-5-4-6-15(23-2)16(14)17(19)18-11-12-7-9-13(10-8-12)24(3,20)21/h4-10H,11H2,1-3H3,(H,18,19). The molecule has 24 heavy (non-hydrogen) atoms. The Kier molecular flexibility index (Phi) is 5.46. The van der Waals surface area contributed by atoms with Gasteiger partial charge in [0.05, 0.1) is 19.1 Å². The summed E-state index contributed by atoms with van der Waals surface area (Å²) in [6, 6.07) is 11.4. The summed E-state index contributed by atoms with van der Waals surface area (Å²) < 4.78 is 33.3. The largest absolute Gasteiger partial charge is 0.496 e. The minimum absolute atomic E-state index is 0.240. The van der Waals surface area contributed by atoms with Crippen molar-refractivity contribution in [3.05, 3.63) is 53.6 Å². The van der Waals surface area contributed by atoms with Gasteiger partial charge < -0.3 is 14.8 Å². The van der Waals surface area contributed by atoms with E-state index in [-0.39, 0.29) is 17.3 Å². The van der Waals surface area contributed by atoms with Crippen molar-refractivity contribution in [1.29, 1.82) is 0 Å². The first-order valence-electron chi connectivity index (χ1n) is 7.15. The van der Waals surface area contributed by atoms with E-state index in [1.807, 2.05) is 0 Å². The van der Waals surface area contributed by atoms with E-state index in [9.17, 15) is 13.2 Å². The van der Waals surface area contributed by atoms with Crippen molar-refractivity contribution in [1.82, 2.24) is 5.32 Å². The van der Waals surface area contributed by atoms with Gasteiger partial charge >= 0.3 is 0 Å². The number of carbonyl (C=O) groups excluding carboxylic acids is 1. The van der Waals surface area contributed by atoms with E-state index in [0.29, 0.717) is 17.1 Å². The highest BCUT2D eigenvalue weighted by molar-refractivity contribution is 7.90. The first-order chi connectivity index (χ1) is 11.4. The second-order valence-electron chi connectivity index (χ2n) is 5.14. The van der Waals surface area contributed by atoms with Gasteiger partial charge in [0, 0.05) is 12.8 Å². The zero-order valence-electron chi connectivity index (χ0n) is 13.7. The van der Waals surface area contributed by atoms with Crippen molar-refractivity contribution < 1.29 is 22.7 Å². The molecule has 2 rings (SSSR count). The molecule has 0 fully saturated rings. The van der Waals surface area contributed by atoms with Crippen molar-refractivity contribution in [3.63, 3.8) is 0 Å². The minimum Gasteiger partial charge on any atom is -0.496 e. The molecule has 0 bridgehead atoms. The Balaban J connectivity index is 2.14. The number of sulfone groups is 1. The highest BCUT2D eigenvalue weighted by Crippen LogP contribution is 2.28. The number of hydrogen-bond donors (Lipinski definition) is 1. The number of benzene rings is 2. The maximum atomic E-state index is 12.4. The SMILES string of the molecule is COc1cccc(OC)c1C(=O)NCc1ccc(S(C)(=O)=O)cc1. The molecule has 0 aliphatic rings. The molecule has 0 radical (unpaired) electrons. The van der Waals surface area contributed by atoms with Crippen LogP contribution in [-0.2, 0) is 16.4 Å². The molecule has 2 aromatic carbocycles. The summed E-state index contributed by atoms with van der Waals surface area (Å²) in [5.41, 5.74) is 1.10. The van der Waals surface area contributed by atoms with Gasteiger partial charge in [-0.05, 0) is 29.8 Å². The second kappa shape index (κ2) is 7.35. The van der Waals surface area contributed by atoms with Crippen LogP contribution in [0.15, 0.2) is 47.4 Å². The molecule has 0 heterocycles. The van der Waals surface area contributed by atoms with Crippen LogP contribution in [0.3, 0.4) is 0 Å². The van der Waals surface area contributed by atoms with Crippen LogP contribution < -0.4 is 14.8 Å². The van der Waals surface area contributed by atoms with E-state index in [4.69, 9.17) is 9.47 Å². The molecule has 0 spiro atoms. The third-order valence-electron chi connectivity index (χ3n) is 3.46. The van der Waals surface area contributed by atoms with Crippen LogP contribution in [0.25, 0.3) is 0 Å². The fraction of sp³-hybridized carbons (Fsp3) is 0.235. The van der Waals surface area contributed by atoms with E-state index in [1.54, 1.807) is 30.3 Å². The predicted molar refractivity (Wildman–Crippen MR) is 90.3 cm³/mol. The number of methoxy groups -OCH3 is 2. The van der Waals surface area contributed by atoms with Gasteiger partial charge in [-0.15, -0.1) is 0 Å². The van der Waals surface area contributed by atoms with Crippen molar-refractivity contribution in [2.45, 2.75) is 11.4 Å². The lowest BCUT2D eigenvalue weighted by atomic mass is 10.1. The van der Waals surface area contributed by atoms with Crippen molar-refractivity contribution >= 4 is 15.7 Å². The molecule has 6 nitrogen and oxygen atoms in total. The lowest BCUT2D eigenvalue weighted by Crippen LogP contribution is -2.24. The molecular formula is C17H19NO5S. The second-order valence-corrected chi connectivity index (χ2v) is 7.15. The molecule has 0 atom stereocenters. The Bertz CT molecular complexity index is 806. The number of nitrogens with one attached hydrogen (secondary N) is 1. The molecular weight excluding hydrogens is 330 g/mol. The number of amides is 1. The quantitative estimate of drug-likeness (QED) is 0.863. The van der Waals surface area contributed by atoms with Crippen LogP contribution in [0.5, 0.6) is 11.5 Å². The molecule has 0 aliphatic heterocycles. The van der Waals surface area contributed by atoms with Crippen LogP contribution in [-0.4, -0.2) is 34.8 Å². The average Bonchev–Trinajstić information content (AvgIpc) is 2.58. The first-order valence-corrected chi connectivity index (χ1v) is 9.04. The summed E-state index contributed by atoms with van der Waals surface area (Å²) in [5, 5.41) is 2.77. The third kappa shape index (κ3) is 4.05. The maximum Gasteiger partial charge on any atom is 0.259 e. The average molecular weight is 349 g/mol. The number of ether oxygens (including phenoxy) is 2. The smallest absolute Gasteiger partial charge is 0.259 e. The minimum atomic E-state index is -3.23. The molecule has 128 valence electrons. The Morgan fingerprint density at radius 1 is 1.00 bits per heavy atom. The van der Waals surface area contributed by atoms with E-state index >= 15 is 0 Å². The first kappa shape index (κ1) is 17.8. The summed E-state index contributed by atoms with van der Waals surface area (Å²) in [6.45, 7) is 0.254. The Hall–Kier alpha value is -2.54. The molecule has 0 saturated carbocycles. The van der Waals surface area contributed by atoms with Gasteiger partial charge in [-0.2, -0.15) is 0 Å². The lowest BCUT2D eigenvalue weighted by Gasteiger charge is -2.13. The fourth-order valence-electron chi connectivity index (χ4n) is 2.20. The summed E-state index contributed by atoms with van der Waals surface area (Å²) >= 11 is 0.